The van der Waals surface area contributed by atoms with Crippen molar-refractivity contribution in [2.24, 2.45) is 0 Å². The van der Waals surface area contributed by atoms with E-state index in [2.05, 4.69) is 5.32 Å². The predicted molar refractivity (Wildman–Crippen MR) is 122 cm³/mol. The first-order chi connectivity index (χ1) is 15.8. The Balaban J connectivity index is 1.48. The van der Waals surface area contributed by atoms with E-state index in [1.807, 2.05) is 0 Å². The number of esters is 1. The van der Waals surface area contributed by atoms with E-state index in [0.29, 0.717) is 6.61 Å². The Hall–Kier alpha value is -3.24. The molecular formula is C23H26FN3O5S. The molecule has 2 aromatic carbocycles. The third-order valence-corrected chi connectivity index (χ3v) is 6.97. The molecule has 1 aliphatic rings. The fourth-order valence-electron chi connectivity index (χ4n) is 3.31. The van der Waals surface area contributed by atoms with Gasteiger partial charge in [0.25, 0.3) is 0 Å². The number of carbonyl (C=O) groups excluding carboxylic acids is 2. The van der Waals surface area contributed by atoms with Crippen LogP contribution in [-0.2, 0) is 24.3 Å². The van der Waals surface area contributed by atoms with Crippen molar-refractivity contribution in [3.8, 4) is 0 Å². The molecule has 0 saturated carbocycles. The first-order valence-corrected chi connectivity index (χ1v) is 12.0. The number of amides is 1. The number of ether oxygens (including phenoxy) is 1. The highest BCUT2D eigenvalue weighted by atomic mass is 32.2. The highest BCUT2D eigenvalue weighted by Crippen LogP contribution is 2.18. The van der Waals surface area contributed by atoms with Gasteiger partial charge in [-0.25, -0.2) is 17.6 Å². The summed E-state index contributed by atoms with van der Waals surface area (Å²) in [4.78, 5) is 25.4. The maximum atomic E-state index is 13.4. The minimum absolute atomic E-state index is 0.0641. The van der Waals surface area contributed by atoms with Gasteiger partial charge in [-0.1, -0.05) is 18.2 Å². The number of hydrogen-bond acceptors (Lipinski definition) is 6. The van der Waals surface area contributed by atoms with Gasteiger partial charge >= 0.3 is 5.97 Å². The minimum Gasteiger partial charge on any atom is -0.463 e. The van der Waals surface area contributed by atoms with Crippen LogP contribution >= 0.6 is 0 Å². The van der Waals surface area contributed by atoms with E-state index in [9.17, 15) is 22.4 Å². The van der Waals surface area contributed by atoms with Crippen molar-refractivity contribution in [3.63, 3.8) is 0 Å². The number of carbonyl (C=O) groups is 2. The van der Waals surface area contributed by atoms with Crippen LogP contribution in [0.2, 0.25) is 0 Å². The zero-order valence-corrected chi connectivity index (χ0v) is 19.1. The molecular weight excluding hydrogens is 449 g/mol. The molecule has 0 bridgehead atoms. The van der Waals surface area contributed by atoms with E-state index in [1.54, 1.807) is 42.2 Å². The number of sulfonamides is 1. The zero-order chi connectivity index (χ0) is 23.8. The summed E-state index contributed by atoms with van der Waals surface area (Å²) in [5.74, 6) is -1.17. The van der Waals surface area contributed by atoms with Crippen LogP contribution in [0.1, 0.15) is 12.5 Å². The molecule has 3 rings (SSSR count). The summed E-state index contributed by atoms with van der Waals surface area (Å²) in [6.45, 7) is 2.92. The van der Waals surface area contributed by atoms with E-state index >= 15 is 0 Å². The van der Waals surface area contributed by atoms with Gasteiger partial charge in [-0.3, -0.25) is 4.79 Å². The van der Waals surface area contributed by atoms with Gasteiger partial charge in [0.05, 0.1) is 18.0 Å². The SMILES string of the molecule is CCOC(=O)/C=C/c1ccc(NCC(=O)N2CCN(S(=O)(=O)c3cccc(F)c3)CC2)cc1. The number of benzene rings is 2. The zero-order valence-electron chi connectivity index (χ0n) is 18.2. The minimum atomic E-state index is -3.80. The molecule has 0 aliphatic carbocycles. The summed E-state index contributed by atoms with van der Waals surface area (Å²) >= 11 is 0. The van der Waals surface area contributed by atoms with Crippen molar-refractivity contribution in [1.29, 1.82) is 0 Å². The van der Waals surface area contributed by atoms with E-state index in [1.165, 1.54) is 28.6 Å². The third-order valence-electron chi connectivity index (χ3n) is 5.08. The Morgan fingerprint density at radius 1 is 1.09 bits per heavy atom. The molecule has 0 radical (unpaired) electrons. The van der Waals surface area contributed by atoms with Gasteiger partial charge in [-0.05, 0) is 48.9 Å². The van der Waals surface area contributed by atoms with Crippen molar-refractivity contribution in [2.45, 2.75) is 11.8 Å². The molecule has 0 spiro atoms. The number of hydrogen-bond donors (Lipinski definition) is 1. The first-order valence-electron chi connectivity index (χ1n) is 10.5. The van der Waals surface area contributed by atoms with Gasteiger partial charge in [0.15, 0.2) is 0 Å². The van der Waals surface area contributed by atoms with Crippen LogP contribution in [0.25, 0.3) is 6.08 Å². The quantitative estimate of drug-likeness (QED) is 0.465. The lowest BCUT2D eigenvalue weighted by atomic mass is 10.2. The Kier molecular flexibility index (Phi) is 8.18. The Bertz CT molecular complexity index is 1110. The molecule has 33 heavy (non-hydrogen) atoms. The average molecular weight is 476 g/mol. The van der Waals surface area contributed by atoms with Gasteiger partial charge in [0.2, 0.25) is 15.9 Å². The normalized spacial score (nSPS) is 14.9. The van der Waals surface area contributed by atoms with E-state index < -0.39 is 21.8 Å². The monoisotopic (exact) mass is 475 g/mol. The second-order valence-electron chi connectivity index (χ2n) is 7.30. The molecule has 0 aromatic heterocycles. The standard InChI is InChI=1S/C23H26FN3O5S/c1-2-32-23(29)11-8-18-6-9-20(10-7-18)25-17-22(28)26-12-14-27(15-13-26)33(30,31)21-5-3-4-19(24)16-21/h3-11,16,25H,2,12-15,17H2,1H3/b11-8+. The van der Waals surface area contributed by atoms with Crippen LogP contribution in [0.15, 0.2) is 59.5 Å². The lowest BCUT2D eigenvalue weighted by Crippen LogP contribution is -2.51. The second-order valence-corrected chi connectivity index (χ2v) is 9.24. The lowest BCUT2D eigenvalue weighted by molar-refractivity contribution is -0.137. The van der Waals surface area contributed by atoms with Crippen molar-refractivity contribution < 1.29 is 27.1 Å². The van der Waals surface area contributed by atoms with Gasteiger partial charge in [0.1, 0.15) is 5.82 Å². The maximum absolute atomic E-state index is 13.4. The smallest absolute Gasteiger partial charge is 0.330 e. The molecule has 0 atom stereocenters. The number of piperazine rings is 1. The van der Waals surface area contributed by atoms with Crippen LogP contribution < -0.4 is 5.32 Å². The molecule has 1 saturated heterocycles. The molecule has 1 amide bonds. The number of halogens is 1. The Morgan fingerprint density at radius 3 is 2.42 bits per heavy atom. The highest BCUT2D eigenvalue weighted by molar-refractivity contribution is 7.89. The molecule has 1 aliphatic heterocycles. The molecule has 8 nitrogen and oxygen atoms in total. The topological polar surface area (TPSA) is 96.0 Å². The van der Waals surface area contributed by atoms with E-state index in [-0.39, 0.29) is 43.5 Å². The lowest BCUT2D eigenvalue weighted by Gasteiger charge is -2.34. The van der Waals surface area contributed by atoms with Crippen molar-refractivity contribution in [3.05, 3.63) is 66.0 Å². The van der Waals surface area contributed by atoms with Gasteiger partial charge in [0, 0.05) is 37.9 Å². The van der Waals surface area contributed by atoms with Crippen LogP contribution in [0.3, 0.4) is 0 Å². The highest BCUT2D eigenvalue weighted by Gasteiger charge is 2.30. The number of nitrogens with zero attached hydrogens (tertiary/aromatic N) is 2. The van der Waals surface area contributed by atoms with E-state index in [4.69, 9.17) is 4.74 Å². The average Bonchev–Trinajstić information content (AvgIpc) is 2.82. The summed E-state index contributed by atoms with van der Waals surface area (Å²) in [5, 5.41) is 3.05. The summed E-state index contributed by atoms with van der Waals surface area (Å²) in [6.07, 6.45) is 2.99. The second kappa shape index (κ2) is 11.1. The number of anilines is 1. The third kappa shape index (κ3) is 6.62. The molecule has 2 aromatic rings. The fraction of sp³-hybridized carbons (Fsp3) is 0.304. The van der Waals surface area contributed by atoms with Gasteiger partial charge < -0.3 is 15.0 Å². The molecule has 0 unspecified atom stereocenters. The largest absolute Gasteiger partial charge is 0.463 e. The molecule has 1 fully saturated rings. The maximum Gasteiger partial charge on any atom is 0.330 e. The Morgan fingerprint density at radius 2 is 1.79 bits per heavy atom. The number of nitrogens with one attached hydrogen (secondary N) is 1. The van der Waals surface area contributed by atoms with Crippen LogP contribution in [0, 0.1) is 5.82 Å². The Labute approximate surface area is 192 Å². The summed E-state index contributed by atoms with van der Waals surface area (Å²) < 4.78 is 44.9. The molecule has 1 heterocycles. The summed E-state index contributed by atoms with van der Waals surface area (Å²) in [6, 6.07) is 12.1. The van der Waals surface area contributed by atoms with Crippen LogP contribution in [0.5, 0.6) is 0 Å². The fourth-order valence-corrected chi connectivity index (χ4v) is 4.76. The molecule has 1 N–H and O–H groups in total. The first kappa shape index (κ1) is 24.4. The van der Waals surface area contributed by atoms with Crippen molar-refractivity contribution in [2.75, 3.05) is 44.6 Å². The predicted octanol–water partition coefficient (Wildman–Crippen LogP) is 2.35. The van der Waals surface area contributed by atoms with Crippen LogP contribution in [-0.4, -0.2) is 68.8 Å². The summed E-state index contributed by atoms with van der Waals surface area (Å²) in [7, 11) is -3.80. The van der Waals surface area contributed by atoms with E-state index in [0.717, 1.165) is 17.3 Å². The summed E-state index contributed by atoms with van der Waals surface area (Å²) in [5.41, 5.74) is 1.56. The van der Waals surface area contributed by atoms with Gasteiger partial charge in [-0.15, -0.1) is 0 Å². The number of rotatable bonds is 8. The van der Waals surface area contributed by atoms with Crippen molar-refractivity contribution in [1.82, 2.24) is 9.21 Å². The van der Waals surface area contributed by atoms with Crippen molar-refractivity contribution >= 4 is 33.7 Å². The van der Waals surface area contributed by atoms with Gasteiger partial charge in [-0.2, -0.15) is 4.31 Å². The molecule has 176 valence electrons. The molecule has 10 heteroatoms. The van der Waals surface area contributed by atoms with Crippen LogP contribution in [0.4, 0.5) is 10.1 Å².